The van der Waals surface area contributed by atoms with Gasteiger partial charge in [0.1, 0.15) is 5.75 Å². The van der Waals surface area contributed by atoms with Gasteiger partial charge in [-0.2, -0.15) is 10.2 Å². The van der Waals surface area contributed by atoms with Gasteiger partial charge in [0, 0.05) is 41.7 Å². The molecule has 0 bridgehead atoms. The number of hydrogen-bond acceptors (Lipinski definition) is 8. The Hall–Kier alpha value is -6.91. The van der Waals surface area contributed by atoms with Crippen molar-refractivity contribution in [1.29, 1.82) is 0 Å². The highest BCUT2D eigenvalue weighted by Crippen LogP contribution is 2.65. The van der Waals surface area contributed by atoms with Gasteiger partial charge in [0.15, 0.2) is 0 Å². The van der Waals surface area contributed by atoms with Crippen LogP contribution in [0.3, 0.4) is 0 Å². The van der Waals surface area contributed by atoms with Crippen molar-refractivity contribution in [2.45, 2.75) is 24.2 Å². The molecule has 4 aliphatic rings. The van der Waals surface area contributed by atoms with Crippen LogP contribution in [0.15, 0.2) is 161 Å². The van der Waals surface area contributed by atoms with Crippen LogP contribution >= 0.6 is 11.6 Å². The number of fused-ring (bicyclic) bond motifs is 5. The summed E-state index contributed by atoms with van der Waals surface area (Å²) in [5.41, 5.74) is 3.38. The summed E-state index contributed by atoms with van der Waals surface area (Å²) < 4.78 is 0. The molecule has 10 nitrogen and oxygen atoms in total. The second-order valence-electron chi connectivity index (χ2n) is 16.5. The Bertz CT molecular complexity index is 2840. The molecular formula is C50H40ClN5O5. The molecule has 2 aliphatic carbocycles. The highest BCUT2D eigenvalue weighted by Gasteiger charge is 2.70. The van der Waals surface area contributed by atoms with Gasteiger partial charge in [0.25, 0.3) is 0 Å². The third-order valence-electron chi connectivity index (χ3n) is 13.2. The fraction of sp³-hybridized carbons (Fsp3) is 0.200. The molecule has 302 valence electrons. The fourth-order valence-corrected chi connectivity index (χ4v) is 10.6. The summed E-state index contributed by atoms with van der Waals surface area (Å²) in [5.74, 6) is -5.46. The number of allylic oxidation sites excluding steroid dienone is 2. The molecule has 6 atom stereocenters. The summed E-state index contributed by atoms with van der Waals surface area (Å²) in [6, 6.07) is 41.7. The molecule has 10 rings (SSSR count). The topological polar surface area (TPSA) is 123 Å². The van der Waals surface area contributed by atoms with Gasteiger partial charge < -0.3 is 10.0 Å². The quantitative estimate of drug-likeness (QED) is 0.0972. The lowest BCUT2D eigenvalue weighted by molar-refractivity contribution is -0.127. The van der Waals surface area contributed by atoms with E-state index in [-0.39, 0.29) is 30.4 Å². The van der Waals surface area contributed by atoms with E-state index in [2.05, 4.69) is 10.2 Å². The van der Waals surface area contributed by atoms with Crippen LogP contribution in [0.2, 0.25) is 5.02 Å². The molecule has 0 radical (unpaired) electrons. The van der Waals surface area contributed by atoms with Crippen molar-refractivity contribution in [2.75, 3.05) is 28.8 Å². The van der Waals surface area contributed by atoms with Crippen LogP contribution in [0.25, 0.3) is 10.8 Å². The number of hydrogen-bond donors (Lipinski definition) is 1. The van der Waals surface area contributed by atoms with Gasteiger partial charge in [0.05, 0.1) is 45.9 Å². The third-order valence-corrected chi connectivity index (χ3v) is 13.4. The lowest BCUT2D eigenvalue weighted by Gasteiger charge is -2.50. The summed E-state index contributed by atoms with van der Waals surface area (Å²) in [4.78, 5) is 64.5. The number of benzene rings is 6. The highest BCUT2D eigenvalue weighted by molar-refractivity contribution is 6.32. The summed E-state index contributed by atoms with van der Waals surface area (Å²) in [6.07, 6.45) is 2.38. The molecule has 6 aromatic carbocycles. The molecule has 0 aromatic heterocycles. The van der Waals surface area contributed by atoms with Crippen LogP contribution in [0.1, 0.15) is 29.9 Å². The van der Waals surface area contributed by atoms with Crippen LogP contribution in [0, 0.1) is 23.7 Å². The van der Waals surface area contributed by atoms with Gasteiger partial charge in [0.2, 0.25) is 23.6 Å². The van der Waals surface area contributed by atoms with E-state index in [4.69, 9.17) is 11.6 Å². The second-order valence-corrected chi connectivity index (χ2v) is 16.9. The Morgan fingerprint density at radius 2 is 1.38 bits per heavy atom. The lowest BCUT2D eigenvalue weighted by Crippen LogP contribution is -2.53. The molecule has 2 heterocycles. The number of aromatic hydroxyl groups is 1. The van der Waals surface area contributed by atoms with Crippen LogP contribution in [-0.2, 0) is 24.6 Å². The average Bonchev–Trinajstić information content (AvgIpc) is 3.67. The summed E-state index contributed by atoms with van der Waals surface area (Å²) in [7, 11) is 3.93. The number of halogens is 1. The zero-order valence-electron chi connectivity index (χ0n) is 33.4. The maximum absolute atomic E-state index is 15.6. The number of azo groups is 1. The zero-order chi connectivity index (χ0) is 42.2. The molecule has 1 saturated carbocycles. The number of nitrogens with zero attached hydrogens (tertiary/aromatic N) is 5. The predicted molar refractivity (Wildman–Crippen MR) is 236 cm³/mol. The molecular weight excluding hydrogens is 786 g/mol. The Morgan fingerprint density at radius 1 is 0.689 bits per heavy atom. The largest absolute Gasteiger partial charge is 0.507 e. The van der Waals surface area contributed by atoms with Crippen molar-refractivity contribution in [2.24, 2.45) is 33.9 Å². The first-order valence-electron chi connectivity index (χ1n) is 20.3. The van der Waals surface area contributed by atoms with Crippen LogP contribution in [0.5, 0.6) is 5.75 Å². The minimum absolute atomic E-state index is 0.000511. The van der Waals surface area contributed by atoms with E-state index < -0.39 is 46.8 Å². The standard InChI is InChI=1S/C50H40ClN5O5/c1-54(2)34-20-16-32(17-21-34)52-53-33-18-22-35(23-19-33)55-46(58)39-26-25-38-41(43(39)48(55)60)28-42-47(59)56(36-13-8-12-31(51)27-36)49(61)50(42,30-10-4-3-5-11-30)44(38)40-24-15-29-9-6-7-14-37(29)45(40)57/h3-25,27,39,41-44,57H,26,28H2,1-2H3/t39-,41+,42-,43-,44+,50+/m0/s1. The van der Waals surface area contributed by atoms with E-state index in [1.807, 2.05) is 116 Å². The number of amides is 4. The average molecular weight is 826 g/mol. The first-order valence-corrected chi connectivity index (χ1v) is 20.7. The van der Waals surface area contributed by atoms with E-state index in [9.17, 15) is 14.7 Å². The zero-order valence-corrected chi connectivity index (χ0v) is 34.1. The van der Waals surface area contributed by atoms with E-state index in [0.29, 0.717) is 44.3 Å². The number of anilines is 3. The van der Waals surface area contributed by atoms with E-state index in [0.717, 1.165) is 16.6 Å². The summed E-state index contributed by atoms with van der Waals surface area (Å²) in [6.45, 7) is 0. The van der Waals surface area contributed by atoms with Gasteiger partial charge >= 0.3 is 0 Å². The normalized spacial score (nSPS) is 24.6. The number of carbonyl (C=O) groups excluding carboxylic acids is 4. The Balaban J connectivity index is 1.07. The number of rotatable bonds is 7. The number of phenolic OH excluding ortho intramolecular Hbond substituents is 1. The monoisotopic (exact) mass is 825 g/mol. The second kappa shape index (κ2) is 14.7. The van der Waals surface area contributed by atoms with E-state index in [1.54, 1.807) is 48.5 Å². The summed E-state index contributed by atoms with van der Waals surface area (Å²) in [5, 5.41) is 22.8. The maximum Gasteiger partial charge on any atom is 0.246 e. The van der Waals surface area contributed by atoms with Crippen LogP contribution in [0.4, 0.5) is 28.4 Å². The molecule has 0 unspecified atom stereocenters. The van der Waals surface area contributed by atoms with Gasteiger partial charge in [-0.05, 0) is 96.4 Å². The van der Waals surface area contributed by atoms with E-state index in [1.165, 1.54) is 9.80 Å². The lowest BCUT2D eigenvalue weighted by atomic mass is 9.49. The molecule has 2 aliphatic heterocycles. The van der Waals surface area contributed by atoms with Crippen molar-refractivity contribution in [3.63, 3.8) is 0 Å². The SMILES string of the molecule is CN(C)c1ccc(N=Nc2ccc(N3C(=O)[C@H]4[C@H](CC=C5[C@H]4C[C@H]4C(=O)N(c6cccc(Cl)c6)C(=O)[C@@]4(c4ccccc4)[C@H]5c4ccc5ccccc5c4O)C3=O)cc2)cc1. The van der Waals surface area contributed by atoms with Gasteiger partial charge in [-0.15, -0.1) is 0 Å². The van der Waals surface area contributed by atoms with Gasteiger partial charge in [-0.1, -0.05) is 96.0 Å². The molecule has 4 amide bonds. The van der Waals surface area contributed by atoms with Crippen LogP contribution < -0.4 is 14.7 Å². The molecule has 61 heavy (non-hydrogen) atoms. The molecule has 11 heteroatoms. The minimum Gasteiger partial charge on any atom is -0.507 e. The van der Waals surface area contributed by atoms with Crippen molar-refractivity contribution in [3.8, 4) is 5.75 Å². The van der Waals surface area contributed by atoms with Crippen molar-refractivity contribution >= 4 is 74.4 Å². The predicted octanol–water partition coefficient (Wildman–Crippen LogP) is 10.0. The molecule has 6 aromatic rings. The molecule has 2 saturated heterocycles. The number of phenols is 1. The highest BCUT2D eigenvalue weighted by atomic mass is 35.5. The number of carbonyl (C=O) groups is 4. The first-order chi connectivity index (χ1) is 29.6. The maximum atomic E-state index is 15.6. The fourth-order valence-electron chi connectivity index (χ4n) is 10.4. The van der Waals surface area contributed by atoms with E-state index >= 15 is 9.59 Å². The Morgan fingerprint density at radius 3 is 2.08 bits per heavy atom. The molecule has 3 fully saturated rings. The van der Waals surface area contributed by atoms with Crippen molar-refractivity contribution < 1.29 is 24.3 Å². The van der Waals surface area contributed by atoms with Crippen molar-refractivity contribution in [3.05, 3.63) is 167 Å². The Labute approximate surface area is 357 Å². The first kappa shape index (κ1) is 38.3. The van der Waals surface area contributed by atoms with Crippen LogP contribution in [-0.4, -0.2) is 42.8 Å². The smallest absolute Gasteiger partial charge is 0.246 e. The molecule has 0 spiro atoms. The van der Waals surface area contributed by atoms with Crippen molar-refractivity contribution in [1.82, 2.24) is 0 Å². The van der Waals surface area contributed by atoms with Gasteiger partial charge in [-0.3, -0.25) is 24.1 Å². The molecule has 1 N–H and O–H groups in total. The third kappa shape index (κ3) is 5.91. The van der Waals surface area contributed by atoms with Gasteiger partial charge in [-0.25, -0.2) is 4.90 Å². The Kier molecular flexibility index (Phi) is 9.21. The summed E-state index contributed by atoms with van der Waals surface area (Å²) >= 11 is 6.46. The number of imide groups is 2. The minimum atomic E-state index is -1.51.